The van der Waals surface area contributed by atoms with E-state index in [2.05, 4.69) is 0 Å². The largest absolute Gasteiger partial charge is 0.387 e. The second-order valence-corrected chi connectivity index (χ2v) is 9.08. The zero-order valence-corrected chi connectivity index (χ0v) is 17.0. The highest BCUT2D eigenvalue weighted by Crippen LogP contribution is 2.32. The fourth-order valence-electron chi connectivity index (χ4n) is 3.55. The molecule has 2 saturated heterocycles. The molecule has 12 heteroatoms. The van der Waals surface area contributed by atoms with Crippen molar-refractivity contribution in [3.05, 3.63) is 28.3 Å². The molecule has 0 saturated carbocycles. The van der Waals surface area contributed by atoms with Crippen molar-refractivity contribution in [3.8, 4) is 0 Å². The van der Waals surface area contributed by atoms with Crippen LogP contribution >= 0.6 is 0 Å². The number of aliphatic hydroxyl groups is 1. The third-order valence-electron chi connectivity index (χ3n) is 5.35. The molecule has 1 amide bonds. The number of piperazine rings is 2. The first-order chi connectivity index (χ1) is 13.7. The number of aliphatic hydroxyl groups excluding tert-OH is 1. The van der Waals surface area contributed by atoms with Crippen LogP contribution in [0, 0.1) is 10.1 Å². The van der Waals surface area contributed by atoms with Crippen LogP contribution in [0.15, 0.2) is 23.1 Å². The molecule has 0 unspecified atom stereocenters. The lowest BCUT2D eigenvalue weighted by Gasteiger charge is -2.35. The maximum absolute atomic E-state index is 12.9. The first-order valence-corrected chi connectivity index (χ1v) is 10.8. The molecule has 0 radical (unpaired) electrons. The number of nitrogens with zero attached hydrogens (tertiary/aromatic N) is 5. The smallest absolute Gasteiger partial charge is 0.293 e. The quantitative estimate of drug-likeness (QED) is 0.477. The fraction of sp³-hybridized carbons (Fsp3) is 0.588. The van der Waals surface area contributed by atoms with E-state index in [4.69, 9.17) is 5.11 Å². The molecule has 0 aliphatic carbocycles. The predicted molar refractivity (Wildman–Crippen MR) is 105 cm³/mol. The predicted octanol–water partition coefficient (Wildman–Crippen LogP) is -0.828. The second kappa shape index (κ2) is 8.61. The summed E-state index contributed by atoms with van der Waals surface area (Å²) in [4.78, 5) is 27.8. The van der Waals surface area contributed by atoms with Gasteiger partial charge in [-0.15, -0.1) is 0 Å². The molecule has 11 nitrogen and oxygen atoms in total. The molecule has 2 aliphatic rings. The summed E-state index contributed by atoms with van der Waals surface area (Å²) in [7, 11) is -1.90. The first kappa shape index (κ1) is 21.4. The van der Waals surface area contributed by atoms with E-state index < -0.39 is 21.6 Å². The molecule has 2 heterocycles. The Morgan fingerprint density at radius 2 is 1.72 bits per heavy atom. The maximum Gasteiger partial charge on any atom is 0.293 e. The molecule has 0 bridgehead atoms. The number of sulfonamides is 1. The zero-order chi connectivity index (χ0) is 21.2. The normalized spacial score (nSPS) is 19.4. The molecule has 1 N–H and O–H groups in total. The number of carbonyl (C=O) groups is 1. The van der Waals surface area contributed by atoms with Crippen LogP contribution in [0.3, 0.4) is 0 Å². The Balaban J connectivity index is 1.83. The van der Waals surface area contributed by atoms with Crippen molar-refractivity contribution in [3.63, 3.8) is 0 Å². The van der Waals surface area contributed by atoms with E-state index in [0.29, 0.717) is 58.0 Å². The summed E-state index contributed by atoms with van der Waals surface area (Å²) in [5.74, 6) is -0.382. The van der Waals surface area contributed by atoms with Crippen molar-refractivity contribution >= 4 is 27.3 Å². The Morgan fingerprint density at radius 3 is 2.28 bits per heavy atom. The number of amides is 1. The minimum absolute atomic E-state index is 0.0911. The van der Waals surface area contributed by atoms with Crippen LogP contribution in [0.5, 0.6) is 0 Å². The van der Waals surface area contributed by atoms with Crippen molar-refractivity contribution in [2.45, 2.75) is 4.90 Å². The van der Waals surface area contributed by atoms with Gasteiger partial charge in [0.05, 0.1) is 9.82 Å². The van der Waals surface area contributed by atoms with Gasteiger partial charge in [-0.25, -0.2) is 8.42 Å². The minimum Gasteiger partial charge on any atom is -0.387 e. The van der Waals surface area contributed by atoms with Gasteiger partial charge in [0.15, 0.2) is 0 Å². The zero-order valence-electron chi connectivity index (χ0n) is 16.2. The molecular formula is C17H25N5O6S. The second-order valence-electron chi connectivity index (χ2n) is 7.14. The van der Waals surface area contributed by atoms with Crippen LogP contribution in [0.1, 0.15) is 0 Å². The van der Waals surface area contributed by atoms with E-state index in [0.717, 1.165) is 6.07 Å². The number of hydrogen-bond acceptors (Lipinski definition) is 8. The van der Waals surface area contributed by atoms with Gasteiger partial charge in [0.25, 0.3) is 5.69 Å². The van der Waals surface area contributed by atoms with Gasteiger partial charge in [-0.3, -0.25) is 14.9 Å². The number of carbonyl (C=O) groups excluding carboxylic acids is 1. The van der Waals surface area contributed by atoms with E-state index >= 15 is 0 Å². The summed E-state index contributed by atoms with van der Waals surface area (Å²) >= 11 is 0. The van der Waals surface area contributed by atoms with Crippen LogP contribution in [0.4, 0.5) is 11.4 Å². The Hall–Kier alpha value is -2.28. The molecule has 1 aromatic rings. The number of likely N-dealkylation sites (N-methyl/N-ethyl adjacent to an activating group) is 1. The van der Waals surface area contributed by atoms with Crippen molar-refractivity contribution in [1.29, 1.82) is 0 Å². The van der Waals surface area contributed by atoms with Crippen molar-refractivity contribution in [2.24, 2.45) is 0 Å². The lowest BCUT2D eigenvalue weighted by atomic mass is 10.2. The summed E-state index contributed by atoms with van der Waals surface area (Å²) in [5.41, 5.74) is 0.0468. The van der Waals surface area contributed by atoms with Crippen LogP contribution < -0.4 is 4.90 Å². The summed E-state index contributed by atoms with van der Waals surface area (Å²) in [5, 5.41) is 20.6. The van der Waals surface area contributed by atoms with E-state index in [-0.39, 0.29) is 16.5 Å². The highest BCUT2D eigenvalue weighted by molar-refractivity contribution is 7.89. The van der Waals surface area contributed by atoms with Crippen molar-refractivity contribution in [1.82, 2.24) is 14.1 Å². The van der Waals surface area contributed by atoms with Crippen LogP contribution in [-0.4, -0.2) is 104 Å². The van der Waals surface area contributed by atoms with E-state index in [1.165, 1.54) is 21.3 Å². The van der Waals surface area contributed by atoms with Gasteiger partial charge in [0, 0.05) is 58.4 Å². The van der Waals surface area contributed by atoms with Crippen molar-refractivity contribution < 1.29 is 23.2 Å². The lowest BCUT2D eigenvalue weighted by molar-refractivity contribution is -0.384. The topological polar surface area (TPSA) is 128 Å². The number of anilines is 1. The standard InChI is InChI=1S/C17H25N5O6S/c1-18-4-10-21(11-5-18)29(27,28)14-2-3-15(16(12-14)22(25)26)19-6-8-20(9-7-19)17(24)13-23/h2-3,12,23H,4-11,13H2,1H3. The minimum atomic E-state index is -3.81. The van der Waals surface area contributed by atoms with Gasteiger partial charge in [0.2, 0.25) is 15.9 Å². The van der Waals surface area contributed by atoms with Crippen molar-refractivity contribution in [2.75, 3.05) is 70.9 Å². The van der Waals surface area contributed by atoms with Gasteiger partial charge >= 0.3 is 0 Å². The maximum atomic E-state index is 12.9. The number of rotatable bonds is 5. The average Bonchev–Trinajstić information content (AvgIpc) is 2.73. The van der Waals surface area contributed by atoms with Gasteiger partial charge < -0.3 is 19.8 Å². The molecule has 0 aromatic heterocycles. The molecule has 0 atom stereocenters. The summed E-state index contributed by atoms with van der Waals surface area (Å²) < 4.78 is 27.2. The average molecular weight is 427 g/mol. The monoisotopic (exact) mass is 427 g/mol. The Bertz CT molecular complexity index is 876. The van der Waals surface area contributed by atoms with Crippen LogP contribution in [0.25, 0.3) is 0 Å². The Labute approximate surface area is 169 Å². The molecule has 29 heavy (non-hydrogen) atoms. The lowest BCUT2D eigenvalue weighted by Crippen LogP contribution is -2.49. The van der Waals surface area contributed by atoms with E-state index in [1.54, 1.807) is 4.90 Å². The van der Waals surface area contributed by atoms with Gasteiger partial charge in [-0.05, 0) is 19.2 Å². The molecule has 0 spiro atoms. The molecule has 3 rings (SSSR count). The highest BCUT2D eigenvalue weighted by atomic mass is 32.2. The Morgan fingerprint density at radius 1 is 1.10 bits per heavy atom. The van der Waals surface area contributed by atoms with Gasteiger partial charge in [-0.1, -0.05) is 0 Å². The molecule has 2 aliphatic heterocycles. The number of benzene rings is 1. The molecule has 160 valence electrons. The first-order valence-electron chi connectivity index (χ1n) is 9.34. The number of nitro benzene ring substituents is 1. The summed E-state index contributed by atoms with van der Waals surface area (Å²) in [6.45, 7) is 2.71. The summed E-state index contributed by atoms with van der Waals surface area (Å²) in [6, 6.07) is 3.99. The third kappa shape index (κ3) is 4.50. The number of nitro groups is 1. The SMILES string of the molecule is CN1CCN(S(=O)(=O)c2ccc(N3CCN(C(=O)CO)CC3)c([N+](=O)[O-])c2)CC1. The highest BCUT2D eigenvalue weighted by Gasteiger charge is 2.31. The summed E-state index contributed by atoms with van der Waals surface area (Å²) in [6.07, 6.45) is 0. The van der Waals surface area contributed by atoms with Gasteiger partial charge in [0.1, 0.15) is 12.3 Å². The Kier molecular flexibility index (Phi) is 6.36. The number of hydrogen-bond donors (Lipinski definition) is 1. The van der Waals surface area contributed by atoms with E-state index in [1.807, 2.05) is 11.9 Å². The molecular weight excluding hydrogens is 402 g/mol. The van der Waals surface area contributed by atoms with E-state index in [9.17, 15) is 23.3 Å². The van der Waals surface area contributed by atoms with Crippen LogP contribution in [0.2, 0.25) is 0 Å². The molecule has 1 aromatic carbocycles. The van der Waals surface area contributed by atoms with Crippen LogP contribution in [-0.2, 0) is 14.8 Å². The molecule has 2 fully saturated rings. The van der Waals surface area contributed by atoms with Gasteiger partial charge in [-0.2, -0.15) is 4.31 Å². The fourth-order valence-corrected chi connectivity index (χ4v) is 4.99. The third-order valence-corrected chi connectivity index (χ3v) is 7.25.